The molecule has 0 heterocycles. The highest BCUT2D eigenvalue weighted by atomic mass is 16.6. The zero-order valence-electron chi connectivity index (χ0n) is 11.0. The Hall–Kier alpha value is -2.36. The first kappa shape index (κ1) is 13.1. The van der Waals surface area contributed by atoms with Gasteiger partial charge in [-0.05, 0) is 31.0 Å². The molecular weight excluding hydrogens is 240 g/mol. The number of benzene rings is 2. The number of anilines is 1. The fourth-order valence-electron chi connectivity index (χ4n) is 1.85. The van der Waals surface area contributed by atoms with Crippen molar-refractivity contribution in [3.05, 3.63) is 69.3 Å². The first-order valence-corrected chi connectivity index (χ1v) is 6.11. The normalized spacial score (nSPS) is 10.2. The van der Waals surface area contributed by atoms with E-state index in [0.717, 1.165) is 11.1 Å². The van der Waals surface area contributed by atoms with Gasteiger partial charge in [-0.2, -0.15) is 0 Å². The summed E-state index contributed by atoms with van der Waals surface area (Å²) in [6, 6.07) is 13.2. The zero-order chi connectivity index (χ0) is 13.8. The van der Waals surface area contributed by atoms with Crippen LogP contribution in [0.15, 0.2) is 42.5 Å². The molecule has 19 heavy (non-hydrogen) atoms. The third kappa shape index (κ3) is 3.31. The van der Waals surface area contributed by atoms with E-state index in [-0.39, 0.29) is 10.6 Å². The van der Waals surface area contributed by atoms with Crippen LogP contribution in [0.2, 0.25) is 0 Å². The van der Waals surface area contributed by atoms with Crippen molar-refractivity contribution < 1.29 is 4.92 Å². The van der Waals surface area contributed by atoms with E-state index < -0.39 is 0 Å². The third-order valence-electron chi connectivity index (χ3n) is 2.95. The van der Waals surface area contributed by atoms with Gasteiger partial charge in [0.25, 0.3) is 5.69 Å². The molecule has 0 amide bonds. The maximum absolute atomic E-state index is 11.0. The molecule has 0 atom stereocenters. The number of nitrogens with one attached hydrogen (secondary N) is 1. The van der Waals surface area contributed by atoms with Crippen molar-refractivity contribution in [1.29, 1.82) is 0 Å². The van der Waals surface area contributed by atoms with Gasteiger partial charge in [0.1, 0.15) is 5.69 Å². The summed E-state index contributed by atoms with van der Waals surface area (Å²) in [6.07, 6.45) is 0. The summed E-state index contributed by atoms with van der Waals surface area (Å²) in [5.41, 5.74) is 3.96. The summed E-state index contributed by atoms with van der Waals surface area (Å²) in [7, 11) is 0. The fourth-order valence-corrected chi connectivity index (χ4v) is 1.85. The Balaban J connectivity index is 2.16. The van der Waals surface area contributed by atoms with Crippen LogP contribution in [0.1, 0.15) is 16.7 Å². The summed E-state index contributed by atoms with van der Waals surface area (Å²) in [5.74, 6) is 0. The fraction of sp³-hybridized carbons (Fsp3) is 0.200. The Labute approximate surface area is 112 Å². The molecule has 0 saturated heterocycles. The molecule has 2 aromatic carbocycles. The molecule has 0 spiro atoms. The molecule has 4 heteroatoms. The predicted octanol–water partition coefficient (Wildman–Crippen LogP) is 3.82. The van der Waals surface area contributed by atoms with E-state index in [1.807, 2.05) is 38.1 Å². The second-order valence-electron chi connectivity index (χ2n) is 4.62. The SMILES string of the molecule is Cc1ccc(CNc2cc(C)ccc2[N+](=O)[O-])cc1. The van der Waals surface area contributed by atoms with Gasteiger partial charge in [0.2, 0.25) is 0 Å². The number of hydrogen-bond donors (Lipinski definition) is 1. The molecule has 0 aliphatic heterocycles. The number of nitrogens with zero attached hydrogens (tertiary/aromatic N) is 1. The highest BCUT2D eigenvalue weighted by Gasteiger charge is 2.12. The van der Waals surface area contributed by atoms with Gasteiger partial charge >= 0.3 is 0 Å². The topological polar surface area (TPSA) is 55.2 Å². The predicted molar refractivity (Wildman–Crippen MR) is 76.3 cm³/mol. The van der Waals surface area contributed by atoms with Gasteiger partial charge < -0.3 is 5.32 Å². The minimum Gasteiger partial charge on any atom is -0.375 e. The summed E-state index contributed by atoms with van der Waals surface area (Å²) >= 11 is 0. The van der Waals surface area contributed by atoms with Gasteiger partial charge in [-0.15, -0.1) is 0 Å². The van der Waals surface area contributed by atoms with Crippen LogP contribution >= 0.6 is 0 Å². The molecule has 1 N–H and O–H groups in total. The number of aryl methyl sites for hydroxylation is 2. The van der Waals surface area contributed by atoms with E-state index in [2.05, 4.69) is 5.32 Å². The minimum absolute atomic E-state index is 0.109. The second-order valence-corrected chi connectivity index (χ2v) is 4.62. The molecule has 0 unspecified atom stereocenters. The van der Waals surface area contributed by atoms with E-state index >= 15 is 0 Å². The maximum atomic E-state index is 11.0. The lowest BCUT2D eigenvalue weighted by Gasteiger charge is -2.08. The van der Waals surface area contributed by atoms with Crippen molar-refractivity contribution in [2.45, 2.75) is 20.4 Å². The lowest BCUT2D eigenvalue weighted by atomic mass is 10.1. The van der Waals surface area contributed by atoms with Crippen molar-refractivity contribution in [3.63, 3.8) is 0 Å². The Bertz CT molecular complexity index is 592. The van der Waals surface area contributed by atoms with E-state index in [4.69, 9.17) is 0 Å². The number of nitro benzene ring substituents is 1. The monoisotopic (exact) mass is 256 g/mol. The number of rotatable bonds is 4. The van der Waals surface area contributed by atoms with Crippen molar-refractivity contribution in [3.8, 4) is 0 Å². The van der Waals surface area contributed by atoms with Gasteiger partial charge in [0.15, 0.2) is 0 Å². The van der Waals surface area contributed by atoms with E-state index in [1.165, 1.54) is 11.6 Å². The van der Waals surface area contributed by atoms with Gasteiger partial charge in [0.05, 0.1) is 4.92 Å². The first-order chi connectivity index (χ1) is 9.06. The first-order valence-electron chi connectivity index (χ1n) is 6.11. The standard InChI is InChI=1S/C15H16N2O2/c1-11-3-6-13(7-4-11)10-16-14-9-12(2)5-8-15(14)17(18)19/h3-9,16H,10H2,1-2H3. The number of hydrogen-bond acceptors (Lipinski definition) is 3. The summed E-state index contributed by atoms with van der Waals surface area (Å²) in [4.78, 5) is 10.6. The molecule has 0 bridgehead atoms. The van der Waals surface area contributed by atoms with Crippen LogP contribution in [0.4, 0.5) is 11.4 Å². The minimum atomic E-state index is -0.364. The third-order valence-corrected chi connectivity index (χ3v) is 2.95. The van der Waals surface area contributed by atoms with Crippen molar-refractivity contribution in [2.75, 3.05) is 5.32 Å². The van der Waals surface area contributed by atoms with Gasteiger partial charge in [-0.3, -0.25) is 10.1 Å². The number of nitro groups is 1. The smallest absolute Gasteiger partial charge is 0.292 e. The summed E-state index contributed by atoms with van der Waals surface area (Å²) in [5, 5.41) is 14.1. The molecule has 2 aromatic rings. The molecule has 0 saturated carbocycles. The maximum Gasteiger partial charge on any atom is 0.292 e. The van der Waals surface area contributed by atoms with Crippen LogP contribution < -0.4 is 5.32 Å². The average molecular weight is 256 g/mol. The van der Waals surface area contributed by atoms with Gasteiger partial charge in [-0.1, -0.05) is 35.9 Å². The van der Waals surface area contributed by atoms with Crippen molar-refractivity contribution in [1.82, 2.24) is 0 Å². The molecule has 0 radical (unpaired) electrons. The average Bonchev–Trinajstić information content (AvgIpc) is 2.38. The van der Waals surface area contributed by atoms with Crippen molar-refractivity contribution in [2.24, 2.45) is 0 Å². The molecule has 0 aliphatic carbocycles. The van der Waals surface area contributed by atoms with Crippen molar-refractivity contribution >= 4 is 11.4 Å². The zero-order valence-corrected chi connectivity index (χ0v) is 11.0. The molecule has 98 valence electrons. The van der Waals surface area contributed by atoms with Gasteiger partial charge in [-0.25, -0.2) is 0 Å². The highest BCUT2D eigenvalue weighted by Crippen LogP contribution is 2.25. The lowest BCUT2D eigenvalue weighted by molar-refractivity contribution is -0.384. The summed E-state index contributed by atoms with van der Waals surface area (Å²) in [6.45, 7) is 4.52. The van der Waals surface area contributed by atoms with Crippen LogP contribution in [0.3, 0.4) is 0 Å². The highest BCUT2D eigenvalue weighted by molar-refractivity contribution is 5.62. The summed E-state index contributed by atoms with van der Waals surface area (Å²) < 4.78 is 0. The van der Waals surface area contributed by atoms with Gasteiger partial charge in [0, 0.05) is 12.6 Å². The molecule has 0 fully saturated rings. The Morgan fingerprint density at radius 3 is 2.32 bits per heavy atom. The second kappa shape index (κ2) is 5.52. The van der Waals surface area contributed by atoms with E-state index in [9.17, 15) is 10.1 Å². The Kier molecular flexibility index (Phi) is 3.80. The van der Waals surface area contributed by atoms with Crippen LogP contribution in [0.5, 0.6) is 0 Å². The molecular formula is C15H16N2O2. The van der Waals surface area contributed by atoms with Crippen LogP contribution in [0, 0.1) is 24.0 Å². The Morgan fingerprint density at radius 2 is 1.68 bits per heavy atom. The quantitative estimate of drug-likeness (QED) is 0.668. The molecule has 2 rings (SSSR count). The largest absolute Gasteiger partial charge is 0.375 e. The lowest BCUT2D eigenvalue weighted by Crippen LogP contribution is -2.03. The van der Waals surface area contributed by atoms with E-state index in [1.54, 1.807) is 12.1 Å². The molecule has 0 aromatic heterocycles. The van der Waals surface area contributed by atoms with Crippen LogP contribution in [-0.4, -0.2) is 4.92 Å². The van der Waals surface area contributed by atoms with Crippen LogP contribution in [-0.2, 0) is 6.54 Å². The van der Waals surface area contributed by atoms with E-state index in [0.29, 0.717) is 12.2 Å². The van der Waals surface area contributed by atoms with Crippen LogP contribution in [0.25, 0.3) is 0 Å². The Morgan fingerprint density at radius 1 is 1.05 bits per heavy atom. The molecule has 0 aliphatic rings. The molecule has 4 nitrogen and oxygen atoms in total.